The zero-order valence-electron chi connectivity index (χ0n) is 25.6. The van der Waals surface area contributed by atoms with Crippen molar-refractivity contribution in [2.75, 3.05) is 6.61 Å². The molecule has 0 aliphatic carbocycles. The lowest BCUT2D eigenvalue weighted by molar-refractivity contribution is -0.148. The molecule has 0 amide bonds. The van der Waals surface area contributed by atoms with Gasteiger partial charge in [0.25, 0.3) is 0 Å². The van der Waals surface area contributed by atoms with E-state index in [0.717, 1.165) is 31.1 Å². The number of hydrogen-bond acceptors (Lipinski definition) is 2. The smallest absolute Gasteiger partial charge is 0.308 e. The van der Waals surface area contributed by atoms with Crippen molar-refractivity contribution in [2.45, 2.75) is 170 Å². The van der Waals surface area contributed by atoms with E-state index in [1.807, 2.05) is 6.92 Å². The van der Waals surface area contributed by atoms with Gasteiger partial charge < -0.3 is 4.74 Å². The zero-order chi connectivity index (χ0) is 26.9. The van der Waals surface area contributed by atoms with Gasteiger partial charge in [-0.3, -0.25) is 4.79 Å². The number of esters is 1. The predicted octanol–water partition coefficient (Wildman–Crippen LogP) is 11.5. The standard InChI is InChI=1S/C34H66O2/c1-7-9-11-12-13-14-15-16-17-18-19-20-21-22-23-24-25-30(3)27-31(4)28-32(5)29-33(6)34(35)36-26-10-8-2/h16-17,30-33H,7-15,18-29H2,1-6H3/b17-16+. The maximum atomic E-state index is 12.1. The Morgan fingerprint density at radius 2 is 1.06 bits per heavy atom. The van der Waals surface area contributed by atoms with Crippen LogP contribution in [-0.4, -0.2) is 12.6 Å². The molecule has 0 aliphatic heterocycles. The van der Waals surface area contributed by atoms with Crippen molar-refractivity contribution in [1.29, 1.82) is 0 Å². The summed E-state index contributed by atoms with van der Waals surface area (Å²) in [6.07, 6.45) is 31.1. The summed E-state index contributed by atoms with van der Waals surface area (Å²) in [5.74, 6) is 2.18. The van der Waals surface area contributed by atoms with Crippen molar-refractivity contribution < 1.29 is 9.53 Å². The fourth-order valence-electron chi connectivity index (χ4n) is 5.58. The van der Waals surface area contributed by atoms with Crippen molar-refractivity contribution in [3.05, 3.63) is 12.2 Å². The molecule has 4 unspecified atom stereocenters. The summed E-state index contributed by atoms with van der Waals surface area (Å²) in [5.41, 5.74) is 0. The van der Waals surface area contributed by atoms with E-state index in [-0.39, 0.29) is 11.9 Å². The van der Waals surface area contributed by atoms with E-state index in [1.54, 1.807) is 0 Å². The van der Waals surface area contributed by atoms with Crippen LogP contribution in [-0.2, 0) is 9.53 Å². The highest BCUT2D eigenvalue weighted by atomic mass is 16.5. The van der Waals surface area contributed by atoms with Gasteiger partial charge in [-0.05, 0) is 69.1 Å². The van der Waals surface area contributed by atoms with Crippen LogP contribution >= 0.6 is 0 Å². The second-order valence-electron chi connectivity index (χ2n) is 12.2. The van der Waals surface area contributed by atoms with Crippen molar-refractivity contribution >= 4 is 5.97 Å². The van der Waals surface area contributed by atoms with Crippen LogP contribution in [0.4, 0.5) is 0 Å². The molecule has 2 heteroatoms. The summed E-state index contributed by atoms with van der Waals surface area (Å²) in [4.78, 5) is 12.1. The van der Waals surface area contributed by atoms with E-state index in [4.69, 9.17) is 4.74 Å². The first-order chi connectivity index (χ1) is 17.4. The third-order valence-corrected chi connectivity index (χ3v) is 7.72. The van der Waals surface area contributed by atoms with Crippen LogP contribution in [0.15, 0.2) is 12.2 Å². The fraction of sp³-hybridized carbons (Fsp3) is 0.912. The molecule has 0 aromatic rings. The predicted molar refractivity (Wildman–Crippen MR) is 160 cm³/mol. The Hall–Kier alpha value is -0.790. The Morgan fingerprint density at radius 3 is 1.64 bits per heavy atom. The molecule has 214 valence electrons. The quantitative estimate of drug-likeness (QED) is 0.0662. The Kier molecular flexibility index (Phi) is 25.3. The van der Waals surface area contributed by atoms with Crippen molar-refractivity contribution in [3.63, 3.8) is 0 Å². The summed E-state index contributed by atoms with van der Waals surface area (Å²) in [6, 6.07) is 0. The number of carbonyl (C=O) groups excluding carboxylic acids is 1. The van der Waals surface area contributed by atoms with Crippen LogP contribution in [0.3, 0.4) is 0 Å². The third kappa shape index (κ3) is 23.6. The first-order valence-electron chi connectivity index (χ1n) is 16.2. The summed E-state index contributed by atoms with van der Waals surface area (Å²) in [7, 11) is 0. The van der Waals surface area contributed by atoms with Gasteiger partial charge in [-0.15, -0.1) is 0 Å². The second kappa shape index (κ2) is 25.8. The van der Waals surface area contributed by atoms with E-state index in [2.05, 4.69) is 46.8 Å². The van der Waals surface area contributed by atoms with E-state index in [0.29, 0.717) is 12.5 Å². The topological polar surface area (TPSA) is 26.3 Å². The maximum Gasteiger partial charge on any atom is 0.308 e. The van der Waals surface area contributed by atoms with Crippen LogP contribution in [0.2, 0.25) is 0 Å². The number of ether oxygens (including phenoxy) is 1. The van der Waals surface area contributed by atoms with Crippen molar-refractivity contribution in [3.8, 4) is 0 Å². The lowest BCUT2D eigenvalue weighted by Gasteiger charge is -2.22. The first-order valence-corrected chi connectivity index (χ1v) is 16.2. The first kappa shape index (κ1) is 35.2. The van der Waals surface area contributed by atoms with Gasteiger partial charge in [-0.25, -0.2) is 0 Å². The second-order valence-corrected chi connectivity index (χ2v) is 12.2. The Balaban J connectivity index is 3.62. The van der Waals surface area contributed by atoms with Crippen molar-refractivity contribution in [2.24, 2.45) is 23.7 Å². The monoisotopic (exact) mass is 507 g/mol. The molecular formula is C34H66O2. The summed E-state index contributed by atoms with van der Waals surface area (Å²) < 4.78 is 5.39. The van der Waals surface area contributed by atoms with Crippen LogP contribution < -0.4 is 0 Å². The minimum Gasteiger partial charge on any atom is -0.465 e. The van der Waals surface area contributed by atoms with E-state index in [9.17, 15) is 4.79 Å². The number of hydrogen-bond donors (Lipinski definition) is 0. The molecule has 0 saturated heterocycles. The largest absolute Gasteiger partial charge is 0.465 e. The highest BCUT2D eigenvalue weighted by molar-refractivity contribution is 5.71. The molecule has 0 aromatic carbocycles. The molecule has 4 atom stereocenters. The minimum atomic E-state index is -0.00344. The van der Waals surface area contributed by atoms with E-state index >= 15 is 0 Å². The number of unbranched alkanes of at least 4 members (excludes halogenated alkanes) is 13. The molecule has 36 heavy (non-hydrogen) atoms. The number of carbonyl (C=O) groups is 1. The van der Waals surface area contributed by atoms with Gasteiger partial charge in [0.05, 0.1) is 12.5 Å². The van der Waals surface area contributed by atoms with Crippen LogP contribution in [0.25, 0.3) is 0 Å². The molecule has 0 aliphatic rings. The van der Waals surface area contributed by atoms with Crippen LogP contribution in [0, 0.1) is 23.7 Å². The van der Waals surface area contributed by atoms with E-state index in [1.165, 1.54) is 109 Å². The maximum absolute atomic E-state index is 12.1. The highest BCUT2D eigenvalue weighted by Crippen LogP contribution is 2.26. The molecular weight excluding hydrogens is 440 g/mol. The molecule has 0 saturated carbocycles. The molecule has 0 radical (unpaired) electrons. The average Bonchev–Trinajstić information content (AvgIpc) is 2.83. The summed E-state index contributed by atoms with van der Waals surface area (Å²) in [5, 5.41) is 0. The van der Waals surface area contributed by atoms with Gasteiger partial charge in [0.2, 0.25) is 0 Å². The lowest BCUT2D eigenvalue weighted by Crippen LogP contribution is -2.19. The van der Waals surface area contributed by atoms with Gasteiger partial charge in [0.1, 0.15) is 0 Å². The molecule has 2 nitrogen and oxygen atoms in total. The van der Waals surface area contributed by atoms with Crippen LogP contribution in [0.5, 0.6) is 0 Å². The zero-order valence-corrected chi connectivity index (χ0v) is 25.6. The minimum absolute atomic E-state index is 0.00344. The third-order valence-electron chi connectivity index (χ3n) is 7.72. The highest BCUT2D eigenvalue weighted by Gasteiger charge is 2.20. The Bertz CT molecular complexity index is 497. The van der Waals surface area contributed by atoms with Gasteiger partial charge in [0, 0.05) is 0 Å². The average molecular weight is 507 g/mol. The molecule has 0 N–H and O–H groups in total. The fourth-order valence-corrected chi connectivity index (χ4v) is 5.58. The van der Waals surface area contributed by atoms with Gasteiger partial charge in [-0.2, -0.15) is 0 Å². The normalized spacial score (nSPS) is 15.2. The molecule has 0 aromatic heterocycles. The van der Waals surface area contributed by atoms with Crippen molar-refractivity contribution in [1.82, 2.24) is 0 Å². The molecule has 0 spiro atoms. The van der Waals surface area contributed by atoms with Gasteiger partial charge in [0.15, 0.2) is 0 Å². The molecule has 0 rings (SSSR count). The summed E-state index contributed by atoms with van der Waals surface area (Å²) in [6.45, 7) is 14.2. The lowest BCUT2D eigenvalue weighted by atomic mass is 9.84. The summed E-state index contributed by atoms with van der Waals surface area (Å²) >= 11 is 0. The molecule has 0 bridgehead atoms. The van der Waals surface area contributed by atoms with Gasteiger partial charge in [-0.1, -0.05) is 131 Å². The molecule has 0 fully saturated rings. The van der Waals surface area contributed by atoms with Gasteiger partial charge >= 0.3 is 5.97 Å². The Labute approximate surface area is 227 Å². The number of rotatable bonds is 26. The Morgan fingerprint density at radius 1 is 0.583 bits per heavy atom. The van der Waals surface area contributed by atoms with E-state index < -0.39 is 0 Å². The SMILES string of the molecule is CCCCCCCC/C=C/CCCCCCCCC(C)CC(C)CC(C)CC(C)C(=O)OCCCC. The number of allylic oxidation sites excluding steroid dienone is 2. The van der Waals surface area contributed by atoms with Crippen LogP contribution in [0.1, 0.15) is 170 Å². The molecule has 0 heterocycles.